The molecule has 0 spiro atoms. The van der Waals surface area contributed by atoms with Crippen molar-refractivity contribution < 1.29 is 0 Å². The van der Waals surface area contributed by atoms with Gasteiger partial charge in [-0.2, -0.15) is 0 Å². The number of unbranched alkanes of at least 4 members (excludes halogenated alkanes) is 6. The van der Waals surface area contributed by atoms with Crippen LogP contribution >= 0.6 is 22.7 Å². The van der Waals surface area contributed by atoms with Gasteiger partial charge in [-0.1, -0.05) is 132 Å². The van der Waals surface area contributed by atoms with E-state index in [-0.39, 0.29) is 5.41 Å². The highest BCUT2D eigenvalue weighted by molar-refractivity contribution is 7.25. The third kappa shape index (κ3) is 4.92. The van der Waals surface area contributed by atoms with Crippen molar-refractivity contribution in [2.75, 3.05) is 0 Å². The molecule has 0 fully saturated rings. The Morgan fingerprint density at radius 1 is 0.590 bits per heavy atom. The van der Waals surface area contributed by atoms with Gasteiger partial charge in [0.2, 0.25) is 0 Å². The van der Waals surface area contributed by atoms with E-state index >= 15 is 0 Å². The molecule has 0 aliphatic heterocycles. The molecule has 0 N–H and O–H groups in total. The maximum absolute atomic E-state index is 2.60. The first-order chi connectivity index (χ1) is 19.3. The number of thiophene rings is 2. The van der Waals surface area contributed by atoms with Gasteiger partial charge in [0.25, 0.3) is 0 Å². The second-order valence-electron chi connectivity index (χ2n) is 11.3. The minimum atomic E-state index is 0.132. The Labute approximate surface area is 242 Å². The van der Waals surface area contributed by atoms with Gasteiger partial charge in [-0.3, -0.25) is 0 Å². The van der Waals surface area contributed by atoms with Crippen LogP contribution in [0.25, 0.3) is 42.1 Å². The fourth-order valence-corrected chi connectivity index (χ4v) is 9.00. The fraction of sp³-hybridized carbons (Fsp3) is 0.351. The van der Waals surface area contributed by atoms with Crippen molar-refractivity contribution in [1.29, 1.82) is 0 Å². The number of fused-ring (bicyclic) bond motifs is 4. The van der Waals surface area contributed by atoms with Crippen molar-refractivity contribution in [1.82, 2.24) is 0 Å². The zero-order valence-electron chi connectivity index (χ0n) is 23.5. The topological polar surface area (TPSA) is 0 Å². The summed E-state index contributed by atoms with van der Waals surface area (Å²) in [7, 11) is 0. The van der Waals surface area contributed by atoms with Gasteiger partial charge >= 0.3 is 0 Å². The van der Waals surface area contributed by atoms with Crippen LogP contribution in [-0.2, 0) is 5.41 Å². The van der Waals surface area contributed by atoms with Gasteiger partial charge < -0.3 is 0 Å². The highest BCUT2D eigenvalue weighted by Crippen LogP contribution is 2.56. The second-order valence-corrected chi connectivity index (χ2v) is 13.3. The van der Waals surface area contributed by atoms with Crippen LogP contribution in [0.3, 0.4) is 0 Å². The Balaban J connectivity index is 1.49. The summed E-state index contributed by atoms with van der Waals surface area (Å²) >= 11 is 3.82. The van der Waals surface area contributed by atoms with E-state index in [0.717, 1.165) is 0 Å². The lowest BCUT2D eigenvalue weighted by molar-refractivity contribution is 0.401. The van der Waals surface area contributed by atoms with Gasteiger partial charge in [0.1, 0.15) is 0 Å². The molecule has 2 heterocycles. The van der Waals surface area contributed by atoms with Gasteiger partial charge in [0.15, 0.2) is 0 Å². The Morgan fingerprint density at radius 3 is 1.95 bits per heavy atom. The lowest BCUT2D eigenvalue weighted by atomic mass is 9.70. The van der Waals surface area contributed by atoms with Crippen molar-refractivity contribution in [3.8, 4) is 31.3 Å². The largest absolute Gasteiger partial charge is 0.143 e. The lowest BCUT2D eigenvalue weighted by Crippen LogP contribution is -2.25. The third-order valence-corrected chi connectivity index (χ3v) is 11.1. The number of hydrogen-bond donors (Lipinski definition) is 0. The Bertz CT molecular complexity index is 1520. The molecule has 3 aromatic carbocycles. The number of hydrogen-bond acceptors (Lipinski definition) is 2. The summed E-state index contributed by atoms with van der Waals surface area (Å²) < 4.78 is 0. The summed E-state index contributed by atoms with van der Waals surface area (Å²) in [6.45, 7) is 4.64. The zero-order valence-corrected chi connectivity index (χ0v) is 25.1. The molecular formula is C37H40S2. The quantitative estimate of drug-likeness (QED) is 0.136. The molecule has 0 saturated heterocycles. The van der Waals surface area contributed by atoms with E-state index in [1.165, 1.54) is 106 Å². The molecule has 0 atom stereocenters. The van der Waals surface area contributed by atoms with Gasteiger partial charge in [-0.05, 0) is 58.2 Å². The average Bonchev–Trinajstić information content (AvgIpc) is 3.70. The third-order valence-electron chi connectivity index (χ3n) is 8.81. The Kier molecular flexibility index (Phi) is 8.04. The van der Waals surface area contributed by atoms with E-state index in [0.29, 0.717) is 0 Å². The van der Waals surface area contributed by atoms with Crippen LogP contribution in [0, 0.1) is 0 Å². The van der Waals surface area contributed by atoms with Crippen LogP contribution in [0.2, 0.25) is 0 Å². The summed E-state index contributed by atoms with van der Waals surface area (Å²) in [5, 5.41) is 4.97. The summed E-state index contributed by atoms with van der Waals surface area (Å²) in [5.41, 5.74) is 7.63. The molecule has 1 aliphatic carbocycles. The van der Waals surface area contributed by atoms with Crippen LogP contribution in [0.4, 0.5) is 0 Å². The van der Waals surface area contributed by atoms with E-state index < -0.39 is 0 Å². The minimum Gasteiger partial charge on any atom is -0.143 e. The molecule has 0 unspecified atom stereocenters. The van der Waals surface area contributed by atoms with Gasteiger partial charge in [0, 0.05) is 25.9 Å². The van der Waals surface area contributed by atoms with Crippen molar-refractivity contribution in [2.24, 2.45) is 0 Å². The molecule has 39 heavy (non-hydrogen) atoms. The molecule has 5 aromatic rings. The van der Waals surface area contributed by atoms with Crippen LogP contribution < -0.4 is 0 Å². The van der Waals surface area contributed by atoms with Gasteiger partial charge in [-0.15, -0.1) is 22.7 Å². The lowest BCUT2D eigenvalue weighted by Gasteiger charge is -2.33. The molecule has 200 valence electrons. The predicted octanol–water partition coefficient (Wildman–Crippen LogP) is 12.5. The van der Waals surface area contributed by atoms with E-state index in [1.807, 2.05) is 22.7 Å². The molecule has 0 saturated carbocycles. The summed E-state index contributed by atoms with van der Waals surface area (Å²) in [4.78, 5) is 4.20. The van der Waals surface area contributed by atoms with Crippen molar-refractivity contribution in [2.45, 2.75) is 83.5 Å². The van der Waals surface area contributed by atoms with Crippen LogP contribution in [0.5, 0.6) is 0 Å². The molecule has 0 bridgehead atoms. The van der Waals surface area contributed by atoms with E-state index in [4.69, 9.17) is 0 Å². The first kappa shape index (κ1) is 26.5. The molecular weight excluding hydrogens is 509 g/mol. The first-order valence-electron chi connectivity index (χ1n) is 15.1. The Morgan fingerprint density at radius 2 is 1.26 bits per heavy atom. The summed E-state index contributed by atoms with van der Waals surface area (Å²) in [6, 6.07) is 30.2. The SMILES string of the molecule is CCCCCCC1(CCCCCC)c2ccccc2-c2ccc(-c3sc(-c4cccs4)c4ccccc34)cc21. The van der Waals surface area contributed by atoms with E-state index in [1.54, 1.807) is 11.1 Å². The zero-order chi connectivity index (χ0) is 26.7. The molecule has 0 nitrogen and oxygen atoms in total. The molecule has 0 amide bonds. The molecule has 1 aliphatic rings. The average molecular weight is 549 g/mol. The fourth-order valence-electron chi connectivity index (χ4n) is 6.86. The predicted molar refractivity (Wildman–Crippen MR) is 174 cm³/mol. The minimum absolute atomic E-state index is 0.132. The van der Waals surface area contributed by atoms with Gasteiger partial charge in [0.05, 0.1) is 4.88 Å². The smallest absolute Gasteiger partial charge is 0.0527 e. The standard InChI is InChI=1S/C37H40S2/c1-3-5-7-13-23-37(24-14-8-6-4-2)32-19-12-11-16-28(32)29-22-21-27(26-33(29)37)35-30-17-9-10-18-31(30)36(39-35)34-20-15-25-38-34/h9-12,15-22,25-26H,3-8,13-14,23-24H2,1-2H3. The van der Waals surface area contributed by atoms with Crippen LogP contribution in [-0.4, -0.2) is 0 Å². The van der Waals surface area contributed by atoms with E-state index in [2.05, 4.69) is 98.1 Å². The molecule has 6 rings (SSSR count). The summed E-state index contributed by atoms with van der Waals surface area (Å²) in [5.74, 6) is 0. The molecule has 0 radical (unpaired) electrons. The maximum atomic E-state index is 2.60. The molecule has 2 aromatic heterocycles. The van der Waals surface area contributed by atoms with Crippen LogP contribution in [0.15, 0.2) is 84.2 Å². The number of benzene rings is 3. The van der Waals surface area contributed by atoms with Crippen LogP contribution in [0.1, 0.15) is 89.2 Å². The highest BCUT2D eigenvalue weighted by atomic mass is 32.1. The van der Waals surface area contributed by atoms with Gasteiger partial charge in [-0.25, -0.2) is 0 Å². The van der Waals surface area contributed by atoms with Crippen molar-refractivity contribution >= 4 is 33.4 Å². The van der Waals surface area contributed by atoms with Crippen molar-refractivity contribution in [3.05, 3.63) is 95.4 Å². The van der Waals surface area contributed by atoms with Crippen molar-refractivity contribution in [3.63, 3.8) is 0 Å². The summed E-state index contributed by atoms with van der Waals surface area (Å²) in [6.07, 6.45) is 13.1. The molecule has 2 heteroatoms. The normalized spacial score (nSPS) is 13.6. The monoisotopic (exact) mass is 548 g/mol. The maximum Gasteiger partial charge on any atom is 0.0527 e. The second kappa shape index (κ2) is 11.8. The van der Waals surface area contributed by atoms with E-state index in [9.17, 15) is 0 Å². The number of rotatable bonds is 12. The highest BCUT2D eigenvalue weighted by Gasteiger charge is 2.42. The Hall–Kier alpha value is -2.68. The first-order valence-corrected chi connectivity index (χ1v) is 16.8.